The maximum absolute atomic E-state index is 12.9. The topological polar surface area (TPSA) is 341 Å². The van der Waals surface area contributed by atoms with Crippen LogP contribution in [0.2, 0.25) is 0 Å². The summed E-state index contributed by atoms with van der Waals surface area (Å²) in [4.78, 5) is 114. The Morgan fingerprint density at radius 2 is 1.04 bits per heavy atom. The van der Waals surface area contributed by atoms with Gasteiger partial charge in [-0.3, -0.25) is 43.3 Å². The molecule has 0 spiro atoms. The fraction of sp³-hybridized carbons (Fsp3) is 0.736. The Balaban J connectivity index is 1.99. The van der Waals surface area contributed by atoms with Crippen LogP contribution in [0, 0.1) is 0 Å². The lowest BCUT2D eigenvalue weighted by molar-refractivity contribution is -0.142. The van der Waals surface area contributed by atoms with Crippen molar-refractivity contribution in [2.24, 2.45) is 0 Å². The van der Waals surface area contributed by atoms with Gasteiger partial charge in [-0.2, -0.15) is 0 Å². The van der Waals surface area contributed by atoms with Crippen molar-refractivity contribution in [2.45, 2.75) is 179 Å². The molecule has 9 N–H and O–H groups in total. The van der Waals surface area contributed by atoms with E-state index < -0.39 is 37.9 Å². The smallest absolute Gasteiger partial charge is 0.481 e. The summed E-state index contributed by atoms with van der Waals surface area (Å²) in [6.07, 6.45) is 18.0. The first-order chi connectivity index (χ1) is 36.9. The fourth-order valence-electron chi connectivity index (χ4n) is 7.88. The van der Waals surface area contributed by atoms with E-state index in [4.69, 9.17) is 33.8 Å². The molecule has 23 nitrogen and oxygen atoms in total. The van der Waals surface area contributed by atoms with Gasteiger partial charge in [-0.25, -0.2) is 9.36 Å². The molecule has 0 aliphatic rings. The van der Waals surface area contributed by atoms with Gasteiger partial charge in [0.1, 0.15) is 30.8 Å². The normalized spacial score (nSPS) is 12.5. The standard InChI is InChI=1S/C53H90N5O18P/c1-41(59)47(38-42-24-27-44(28-25-42)76-77(69,70)71)58-52(66)45(54-2)21-17-18-30-55-49(62)39-75-37-35-73-33-31-56-50(63)40-74-36-34-72-32-19-20-43(60)26-29-46(53(67)68)57-48(61)22-15-13-11-9-7-5-3-4-6-8-10-12-14-16-23-51(64)65/h24-25,27-28,45-47,54H,3-23,26,29-40H2,1-2H3,(H,55,62)(H,56,63)(H,57,61)(H,58,66)(H,64,65)(H,67,68)(H2,69,70,71)/t45-,46-,47-/m0/s1. The first kappa shape index (κ1) is 70.1. The number of nitrogens with one attached hydrogen (secondary N) is 5. The largest absolute Gasteiger partial charge is 0.524 e. The van der Waals surface area contributed by atoms with Crippen LogP contribution in [-0.4, -0.2) is 158 Å². The minimum atomic E-state index is -4.71. The van der Waals surface area contributed by atoms with Crippen molar-refractivity contribution < 1.29 is 86.4 Å². The van der Waals surface area contributed by atoms with Crippen molar-refractivity contribution in [2.75, 3.05) is 73.0 Å². The number of hydrogen-bond donors (Lipinski definition) is 9. The number of aliphatic carboxylic acids is 2. The molecule has 0 bridgehead atoms. The van der Waals surface area contributed by atoms with Crippen LogP contribution in [-0.2, 0) is 68.3 Å². The van der Waals surface area contributed by atoms with Crippen LogP contribution in [0.3, 0.4) is 0 Å². The molecule has 0 aromatic heterocycles. The molecule has 440 valence electrons. The number of ketones is 2. The second kappa shape index (κ2) is 45.0. The van der Waals surface area contributed by atoms with Gasteiger partial charge in [0.2, 0.25) is 23.6 Å². The summed E-state index contributed by atoms with van der Waals surface area (Å²) in [5, 5.41) is 31.9. The van der Waals surface area contributed by atoms with E-state index in [1.165, 1.54) is 57.6 Å². The summed E-state index contributed by atoms with van der Waals surface area (Å²) in [6.45, 7) is 2.86. The Morgan fingerprint density at radius 1 is 0.519 bits per heavy atom. The predicted molar refractivity (Wildman–Crippen MR) is 286 cm³/mol. The quantitative estimate of drug-likeness (QED) is 0.0311. The van der Waals surface area contributed by atoms with E-state index in [-0.39, 0.29) is 139 Å². The highest BCUT2D eigenvalue weighted by Crippen LogP contribution is 2.37. The van der Waals surface area contributed by atoms with Gasteiger partial charge < -0.3 is 60.3 Å². The van der Waals surface area contributed by atoms with Crippen LogP contribution in [0.25, 0.3) is 0 Å². The monoisotopic (exact) mass is 1120 g/mol. The number of carboxylic acid groups (broad SMARTS) is 2. The highest BCUT2D eigenvalue weighted by Gasteiger charge is 2.24. The number of carboxylic acids is 2. The van der Waals surface area contributed by atoms with Crippen molar-refractivity contribution in [1.29, 1.82) is 0 Å². The van der Waals surface area contributed by atoms with Crippen LogP contribution in [0.15, 0.2) is 24.3 Å². The molecular formula is C53H90N5O18P. The van der Waals surface area contributed by atoms with E-state index >= 15 is 0 Å². The van der Waals surface area contributed by atoms with E-state index in [0.717, 1.165) is 44.9 Å². The molecule has 1 aromatic carbocycles. The molecule has 3 atom stereocenters. The van der Waals surface area contributed by atoms with E-state index in [9.17, 15) is 48.0 Å². The van der Waals surface area contributed by atoms with Gasteiger partial charge >= 0.3 is 19.8 Å². The number of rotatable bonds is 52. The summed E-state index contributed by atoms with van der Waals surface area (Å²) < 4.78 is 37.1. The third-order valence-electron chi connectivity index (χ3n) is 12.2. The molecule has 0 saturated heterocycles. The number of amides is 4. The van der Waals surface area contributed by atoms with Crippen LogP contribution in [0.4, 0.5) is 0 Å². The van der Waals surface area contributed by atoms with Crippen LogP contribution in [0.1, 0.15) is 160 Å². The molecule has 0 unspecified atom stereocenters. The Labute approximate surface area is 454 Å². The summed E-state index contributed by atoms with van der Waals surface area (Å²) in [7, 11) is -3.07. The second-order valence-corrected chi connectivity index (χ2v) is 20.1. The average molecular weight is 1120 g/mol. The number of unbranched alkanes of at least 4 members (excludes halogenated alkanes) is 14. The summed E-state index contributed by atoms with van der Waals surface area (Å²) in [5.74, 6) is -3.65. The summed E-state index contributed by atoms with van der Waals surface area (Å²) in [5.41, 5.74) is 0.651. The first-order valence-corrected chi connectivity index (χ1v) is 28.8. The van der Waals surface area contributed by atoms with Gasteiger partial charge in [0.25, 0.3) is 0 Å². The van der Waals surface area contributed by atoms with Crippen molar-refractivity contribution in [1.82, 2.24) is 26.6 Å². The lowest BCUT2D eigenvalue weighted by atomic mass is 10.0. The van der Waals surface area contributed by atoms with Crippen LogP contribution in [0.5, 0.6) is 5.75 Å². The molecule has 0 fully saturated rings. The van der Waals surface area contributed by atoms with Crippen molar-refractivity contribution >= 4 is 55.0 Å². The number of carbonyl (C=O) groups is 8. The summed E-state index contributed by atoms with van der Waals surface area (Å²) in [6, 6.07) is 3.31. The molecular weight excluding hydrogens is 1030 g/mol. The average Bonchev–Trinajstić information content (AvgIpc) is 3.37. The maximum atomic E-state index is 12.9. The van der Waals surface area contributed by atoms with E-state index in [2.05, 4.69) is 31.1 Å². The number of carbonyl (C=O) groups excluding carboxylic acids is 6. The Bertz CT molecular complexity index is 1890. The van der Waals surface area contributed by atoms with E-state index in [0.29, 0.717) is 44.2 Å². The number of phosphoric ester groups is 1. The van der Waals surface area contributed by atoms with Crippen LogP contribution < -0.4 is 31.1 Å². The van der Waals surface area contributed by atoms with Gasteiger partial charge in [-0.15, -0.1) is 0 Å². The predicted octanol–water partition coefficient (Wildman–Crippen LogP) is 4.86. The van der Waals surface area contributed by atoms with Gasteiger partial charge in [-0.05, 0) is 83.0 Å². The highest BCUT2D eigenvalue weighted by atomic mass is 31.2. The van der Waals surface area contributed by atoms with Crippen molar-refractivity contribution in [3.63, 3.8) is 0 Å². The van der Waals surface area contributed by atoms with Gasteiger partial charge in [0, 0.05) is 45.4 Å². The van der Waals surface area contributed by atoms with Gasteiger partial charge in [0.05, 0.1) is 45.1 Å². The van der Waals surface area contributed by atoms with Crippen LogP contribution >= 0.6 is 7.82 Å². The highest BCUT2D eigenvalue weighted by molar-refractivity contribution is 7.46. The maximum Gasteiger partial charge on any atom is 0.524 e. The van der Waals surface area contributed by atoms with Gasteiger partial charge in [0.15, 0.2) is 5.78 Å². The lowest BCUT2D eigenvalue weighted by Gasteiger charge is -2.21. The van der Waals surface area contributed by atoms with E-state index in [1.54, 1.807) is 19.2 Å². The lowest BCUT2D eigenvalue weighted by Crippen LogP contribution is -2.49. The van der Waals surface area contributed by atoms with Gasteiger partial charge in [-0.1, -0.05) is 89.2 Å². The molecule has 4 amide bonds. The molecule has 0 aliphatic heterocycles. The van der Waals surface area contributed by atoms with E-state index in [1.807, 2.05) is 0 Å². The number of phosphoric acid groups is 1. The van der Waals surface area contributed by atoms with Crippen molar-refractivity contribution in [3.05, 3.63) is 29.8 Å². The number of Topliss-reactive ketones (excluding diaryl/α,β-unsaturated/α-hetero) is 2. The third kappa shape index (κ3) is 41.8. The Kier molecular flexibility index (Phi) is 41.0. The minimum Gasteiger partial charge on any atom is -0.481 e. The molecule has 1 rings (SSSR count). The van der Waals surface area contributed by atoms with Crippen molar-refractivity contribution in [3.8, 4) is 5.75 Å². The molecule has 24 heteroatoms. The minimum absolute atomic E-state index is 0.0171. The zero-order valence-corrected chi connectivity index (χ0v) is 46.4. The number of ether oxygens (including phenoxy) is 4. The Morgan fingerprint density at radius 3 is 1.56 bits per heavy atom. The zero-order chi connectivity index (χ0) is 56.9. The first-order valence-electron chi connectivity index (χ1n) is 27.3. The molecule has 0 saturated carbocycles. The SMILES string of the molecule is CN[C@@H](CCCCNC(=O)COCCOCCNC(=O)COCCOCCCC(=O)CC[C@H](NC(=O)CCCCCCCCCCCCCCCCC(=O)O)C(=O)O)C(=O)N[C@@H](Cc1ccc(OP(=O)(O)O)cc1)C(C)=O. The molecule has 0 aliphatic carbocycles. The molecule has 1 aromatic rings. The number of hydrogen-bond acceptors (Lipinski definition) is 15. The third-order valence-corrected chi connectivity index (χ3v) is 12.7. The zero-order valence-electron chi connectivity index (χ0n) is 45.5. The number of likely N-dealkylation sites (N-methyl/N-ethyl adjacent to an activating group) is 1. The molecule has 0 radical (unpaired) electrons. The number of benzene rings is 1. The molecule has 0 heterocycles. The Hall–Kier alpha value is -4.87. The fourth-order valence-corrected chi connectivity index (χ4v) is 8.28. The summed E-state index contributed by atoms with van der Waals surface area (Å²) >= 11 is 0. The second-order valence-electron chi connectivity index (χ2n) is 19.0. The molecule has 77 heavy (non-hydrogen) atoms.